The second-order valence-corrected chi connectivity index (χ2v) is 34.5. The first-order valence-electron chi connectivity index (χ1n) is 41.5. The van der Waals surface area contributed by atoms with Gasteiger partial charge in [0, 0.05) is 94.9 Å². The van der Waals surface area contributed by atoms with Crippen LogP contribution in [0.25, 0.3) is 10.8 Å². The molecule has 0 saturated carbocycles. The predicted molar refractivity (Wildman–Crippen MR) is 445 cm³/mol. The number of Topliss-reactive ketones (excluding diaryl/α,β-unsaturated/α-hetero) is 2. The second kappa shape index (κ2) is 43.8. The Bertz CT molecular complexity index is 4180. The number of ketones is 2. The molecule has 0 spiro atoms. The molecule has 0 bridgehead atoms. The lowest BCUT2D eigenvalue weighted by molar-refractivity contribution is -0.404. The summed E-state index contributed by atoms with van der Waals surface area (Å²) in [5, 5.41) is 136. The highest BCUT2D eigenvalue weighted by Gasteiger charge is 2.52. The smallest absolute Gasteiger partial charge is 0.274 e. The number of benzene rings is 3. The van der Waals surface area contributed by atoms with Gasteiger partial charge < -0.3 is 134 Å². The van der Waals surface area contributed by atoms with E-state index in [0.29, 0.717) is 36.6 Å². The number of rotatable bonds is 33. The third-order valence-corrected chi connectivity index (χ3v) is 24.2. The summed E-state index contributed by atoms with van der Waals surface area (Å²) in [5.74, 6) is -0.480. The maximum atomic E-state index is 15.0. The van der Waals surface area contributed by atoms with Gasteiger partial charge >= 0.3 is 0 Å². The molecule has 1 amide bonds. The van der Waals surface area contributed by atoms with Gasteiger partial charge in [0.15, 0.2) is 42.5 Å². The van der Waals surface area contributed by atoms with Crippen LogP contribution in [0.5, 0.6) is 17.2 Å². The average Bonchev–Trinajstić information content (AvgIpc) is 0.764. The molecule has 2 aromatic heterocycles. The van der Waals surface area contributed by atoms with E-state index in [1.165, 1.54) is 46.9 Å². The molecule has 0 radical (unpaired) electrons. The Labute approximate surface area is 715 Å². The van der Waals surface area contributed by atoms with Crippen molar-refractivity contribution in [2.45, 2.75) is 305 Å². The van der Waals surface area contributed by atoms with Gasteiger partial charge in [0.2, 0.25) is 12.2 Å². The summed E-state index contributed by atoms with van der Waals surface area (Å²) in [6, 6.07) is 23.2. The number of nitrogens with one attached hydrogen (secondary N) is 2. The summed E-state index contributed by atoms with van der Waals surface area (Å²) >= 11 is 1.72. The van der Waals surface area contributed by atoms with Crippen molar-refractivity contribution in [2.24, 2.45) is 11.7 Å². The maximum absolute atomic E-state index is 15.0. The molecule has 3 aromatic carbocycles. The van der Waals surface area contributed by atoms with E-state index in [4.69, 9.17) is 62.3 Å². The van der Waals surface area contributed by atoms with Gasteiger partial charge in [0.05, 0.1) is 101 Å². The van der Waals surface area contributed by atoms with Crippen molar-refractivity contribution >= 4 is 40.0 Å². The number of nitro groups is 1. The minimum absolute atomic E-state index is 0.0365. The van der Waals surface area contributed by atoms with Gasteiger partial charge in [-0.25, -0.2) is 0 Å². The van der Waals surface area contributed by atoms with E-state index in [0.717, 1.165) is 47.9 Å². The zero-order valence-electron chi connectivity index (χ0n) is 72.2. The van der Waals surface area contributed by atoms with Crippen LogP contribution in [0.1, 0.15) is 159 Å². The second-order valence-electron chi connectivity index (χ2n) is 33.4. The number of nitrogens with two attached hydrogens (primary N) is 1. The SMILES string of the molecule is CC(C)N(CCC(C(N)=O)(c1ccccc1)c1ccccn1)C(C)C.CN/C(=C/[N+](=O)[O-])NCCSCc1ccc(CN(C)C)o1.CO[C@H](C(=O)[C@@H](O)[C@@H](C)O)C1Cc2cc3cc(O[C@H]4C[C@@H](O[C@H]5C[C@@H](O)[C@H](O)[C@@H](C)O5)[C@@H](O)[C@@H](C)O4)c(C)c(O)c3c(O)c2C(=O)[C@H]1O[C@H]1C[C@@H](O[C@H]2C[C@@H](O[C@H]3C[C@](C)(O)[C@H](O)[C@@H](C)O3)[C@H](O)[C@@H](C)O2)[C@H](O)[C@@H](C)O1. The van der Waals surface area contributed by atoms with Crippen molar-refractivity contribution in [1.82, 2.24) is 25.4 Å². The minimum Gasteiger partial charge on any atom is -0.507 e. The summed E-state index contributed by atoms with van der Waals surface area (Å²) in [5.41, 5.74) is 5.18. The Balaban J connectivity index is 0.000000296. The summed E-state index contributed by atoms with van der Waals surface area (Å²) in [6.45, 7) is 23.0. The first-order valence-corrected chi connectivity index (χ1v) is 42.7. The highest BCUT2D eigenvalue weighted by molar-refractivity contribution is 7.98. The average molecular weight is 1740 g/mol. The first-order chi connectivity index (χ1) is 57.6. The summed E-state index contributed by atoms with van der Waals surface area (Å²) < 4.78 is 72.2. The van der Waals surface area contributed by atoms with E-state index in [1.54, 1.807) is 52.7 Å². The van der Waals surface area contributed by atoms with Crippen molar-refractivity contribution in [3.8, 4) is 17.2 Å². The van der Waals surface area contributed by atoms with Crippen LogP contribution in [-0.4, -0.2) is 299 Å². The minimum atomic E-state index is -1.95. The van der Waals surface area contributed by atoms with E-state index in [2.05, 4.69) is 53.1 Å². The lowest BCUT2D eigenvalue weighted by Crippen LogP contribution is -2.58. The number of ether oxygens (including phenoxy) is 11. The van der Waals surface area contributed by atoms with Crippen molar-refractivity contribution in [3.63, 3.8) is 0 Å². The largest absolute Gasteiger partial charge is 0.507 e. The molecule has 6 aliphatic rings. The number of thioether (sulfide) groups is 1. The molecular weight excluding hydrogens is 1610 g/mol. The topological polar surface area (TPSA) is 501 Å². The van der Waals surface area contributed by atoms with Crippen LogP contribution >= 0.6 is 11.8 Å². The predicted octanol–water partition coefficient (Wildman–Crippen LogP) is 4.57. The zero-order chi connectivity index (χ0) is 89.7. The number of carbonyl (C=O) groups is 3. The van der Waals surface area contributed by atoms with Crippen LogP contribution in [0.2, 0.25) is 0 Å². The number of furan rings is 1. The number of aliphatic hydroxyl groups excluding tert-OH is 8. The van der Waals surface area contributed by atoms with Crippen molar-refractivity contribution < 1.29 is 132 Å². The number of nitrogens with zero attached hydrogens (tertiary/aromatic N) is 4. The third kappa shape index (κ3) is 24.3. The van der Waals surface area contributed by atoms with Gasteiger partial charge in [0.1, 0.15) is 83.0 Å². The molecule has 5 aromatic rings. The molecule has 36 heteroatoms. The van der Waals surface area contributed by atoms with E-state index in [-0.39, 0.29) is 77.6 Å². The lowest BCUT2D eigenvalue weighted by atomic mass is 9.73. The number of fused-ring (bicyclic) bond motifs is 2. The normalized spacial score (nSPS) is 31.4. The fraction of sp³-hybridized carbons (Fsp3) is 0.651. The number of hydrogen-bond donors (Lipinski definition) is 14. The van der Waals surface area contributed by atoms with Crippen LogP contribution in [-0.2, 0) is 81.1 Å². The fourth-order valence-electron chi connectivity index (χ4n) is 16.5. The monoisotopic (exact) mass is 1740 g/mol. The van der Waals surface area contributed by atoms with E-state index in [9.17, 15) is 75.9 Å². The Morgan fingerprint density at radius 3 is 1.84 bits per heavy atom. The number of pyridine rings is 1. The Morgan fingerprint density at radius 2 is 1.30 bits per heavy atom. The molecule has 2 unspecified atom stereocenters. The van der Waals surface area contributed by atoms with Gasteiger partial charge in [-0.15, -0.1) is 0 Å². The van der Waals surface area contributed by atoms with Crippen LogP contribution in [0.3, 0.4) is 0 Å². The van der Waals surface area contributed by atoms with Crippen molar-refractivity contribution in [3.05, 3.63) is 141 Å². The van der Waals surface area contributed by atoms with Gasteiger partial charge in [-0.05, 0) is 163 Å². The van der Waals surface area contributed by atoms with Crippen LogP contribution in [0, 0.1) is 23.0 Å². The van der Waals surface area contributed by atoms with Crippen molar-refractivity contribution in [1.29, 1.82) is 0 Å². The Kier molecular flexibility index (Phi) is 35.4. The lowest BCUT2D eigenvalue weighted by Gasteiger charge is -2.46. The highest BCUT2D eigenvalue weighted by atomic mass is 32.2. The van der Waals surface area contributed by atoms with Gasteiger partial charge in [-0.3, -0.25) is 34.4 Å². The number of methoxy groups -OCH3 is 1. The van der Waals surface area contributed by atoms with E-state index >= 15 is 4.79 Å². The fourth-order valence-corrected chi connectivity index (χ4v) is 17.3. The molecule has 1 aliphatic carbocycles. The number of phenolic OH excluding ortho intramolecular Hbond substituents is 2. The van der Waals surface area contributed by atoms with Crippen molar-refractivity contribution in [2.75, 3.05) is 47.1 Å². The summed E-state index contributed by atoms with van der Waals surface area (Å²) in [7, 11) is 6.83. The molecule has 26 atom stereocenters. The molecule has 5 aliphatic heterocycles. The molecule has 11 rings (SSSR count). The summed E-state index contributed by atoms with van der Waals surface area (Å²) in [6.07, 6.45) is -23.8. The van der Waals surface area contributed by atoms with Crippen LogP contribution < -0.4 is 21.1 Å². The number of hydrogen-bond acceptors (Lipinski definition) is 34. The number of aliphatic hydroxyl groups is 9. The van der Waals surface area contributed by atoms with Gasteiger partial charge in [0.25, 0.3) is 6.20 Å². The maximum Gasteiger partial charge on any atom is 0.274 e. The molecule has 7 heterocycles. The van der Waals surface area contributed by atoms with Crippen LogP contribution in [0.15, 0.2) is 95.4 Å². The summed E-state index contributed by atoms with van der Waals surface area (Å²) in [4.78, 5) is 60.5. The van der Waals surface area contributed by atoms with Gasteiger partial charge in [-0.2, -0.15) is 11.8 Å². The van der Waals surface area contributed by atoms with Crippen LogP contribution in [0.4, 0.5) is 0 Å². The molecule has 680 valence electrons. The number of phenols is 2. The molecular formula is C86H127N7O28S. The number of primary amides is 1. The first kappa shape index (κ1) is 98.6. The number of aromatic nitrogens is 1. The third-order valence-electron chi connectivity index (χ3n) is 23.2. The number of carbonyl (C=O) groups excluding carboxylic acids is 3. The Morgan fingerprint density at radius 1 is 0.754 bits per heavy atom. The standard InChI is InChI=1S/C52H76O24.C21H29N3O.C13H22N4O3S/c1-18-29(72-34-14-30(43(58)21(4)68-34)73-33-13-28(54)42(57)20(3)67-33)12-26-10-25-11-27(49(66-9)48(63)41(56)19(2)53)50(47(62)39(25)46(61)38(26)40(18)55)76-36-16-31(44(59)23(6)70-36)74-35-15-32(45(60)22(5)69-35)75-37-17-52(8,65)51(64)24(7)71-37;1-16(2)24(17(3)4)15-13-21(20(22)25,18-10-6-5-7-11-18)19-12-8-9-14-23-19;1-14-13(9-17(18)19)15-6-7-21-10-12-5-4-11(20-12)8-16(2)3/h10,12,19-24,27-28,30-37,41-45,49-51,53-61,64-65H,11,13-17H2,1-9H3;5-12,14,16-17H,13,15H2,1-4H3,(H2,22,25);4-5,9,14-15H,6-8,10H2,1-3H3/b;;13-9-/t19-,20-,21-,22-,23-,24-,27?,28-,30-,31-,32-,33+,34+,35+,36+,37+,41+,42-,43+,44-,45-,49+,50+,51-,52+;;/m1../s1. The number of amides is 1. The quantitative estimate of drug-likeness (QED) is 0.0155. The molecule has 5 saturated heterocycles. The molecule has 35 nitrogen and oxygen atoms in total. The molecule has 15 N–H and O–H groups in total. The number of aromatic hydroxyl groups is 2. The van der Waals surface area contributed by atoms with E-state index < -0.39 is 186 Å². The molecule has 5 fully saturated rings. The van der Waals surface area contributed by atoms with E-state index in [1.807, 2.05) is 74.8 Å². The molecule has 122 heavy (non-hydrogen) atoms. The highest BCUT2D eigenvalue weighted by Crippen LogP contribution is 2.48. The zero-order valence-corrected chi connectivity index (χ0v) is 73.0. The Hall–Kier alpha value is -7.19. The van der Waals surface area contributed by atoms with Gasteiger partial charge in [-0.1, -0.05) is 36.4 Å².